The predicted molar refractivity (Wildman–Crippen MR) is 77.7 cm³/mol. The Balaban J connectivity index is 2.02. The number of rotatable bonds is 4. The van der Waals surface area contributed by atoms with E-state index in [9.17, 15) is 0 Å². The third kappa shape index (κ3) is 3.33. The van der Waals surface area contributed by atoms with Gasteiger partial charge in [-0.15, -0.1) is 11.6 Å². The molecule has 0 spiro atoms. The summed E-state index contributed by atoms with van der Waals surface area (Å²) in [5, 5.41) is 0.672. The van der Waals surface area contributed by atoms with Gasteiger partial charge in [0.1, 0.15) is 5.75 Å². The summed E-state index contributed by atoms with van der Waals surface area (Å²) in [6.07, 6.45) is 6.38. The van der Waals surface area contributed by atoms with E-state index in [-0.39, 0.29) is 0 Å². The third-order valence-corrected chi connectivity index (χ3v) is 4.43. The maximum Gasteiger partial charge on any atom is 0.142 e. The molecule has 0 saturated heterocycles. The lowest BCUT2D eigenvalue weighted by Gasteiger charge is -2.29. The lowest BCUT2D eigenvalue weighted by atomic mass is 9.86. The number of hydrogen-bond acceptors (Lipinski definition) is 1. The van der Waals surface area contributed by atoms with Crippen molar-refractivity contribution in [3.8, 4) is 5.75 Å². The zero-order valence-corrected chi connectivity index (χ0v) is 12.3. The van der Waals surface area contributed by atoms with Gasteiger partial charge < -0.3 is 4.74 Å². The molecule has 0 unspecified atom stereocenters. The molecule has 1 nitrogen and oxygen atoms in total. The lowest BCUT2D eigenvalue weighted by Crippen LogP contribution is -2.24. The number of alkyl halides is 1. The van der Waals surface area contributed by atoms with Gasteiger partial charge in [-0.05, 0) is 37.7 Å². The lowest BCUT2D eigenvalue weighted by molar-refractivity contribution is 0.129. The normalized spacial score (nSPS) is 23.9. The first kappa shape index (κ1) is 14.0. The Morgan fingerprint density at radius 3 is 2.56 bits per heavy atom. The number of halogens is 2. The van der Waals surface area contributed by atoms with Crippen LogP contribution in [0.25, 0.3) is 0 Å². The van der Waals surface area contributed by atoms with Gasteiger partial charge in [0, 0.05) is 5.56 Å². The first-order chi connectivity index (χ1) is 8.74. The van der Waals surface area contributed by atoms with E-state index in [1.54, 1.807) is 0 Å². The van der Waals surface area contributed by atoms with E-state index in [1.165, 1.54) is 19.3 Å². The highest BCUT2D eigenvalue weighted by molar-refractivity contribution is 6.32. The van der Waals surface area contributed by atoms with Gasteiger partial charge in [-0.25, -0.2) is 0 Å². The van der Waals surface area contributed by atoms with Crippen LogP contribution in [0.2, 0.25) is 5.02 Å². The van der Waals surface area contributed by atoms with Gasteiger partial charge in [0.05, 0.1) is 17.0 Å². The van der Waals surface area contributed by atoms with Crippen LogP contribution in [0.4, 0.5) is 0 Å². The molecule has 0 amide bonds. The predicted octanol–water partition coefficient (Wildman–Crippen LogP) is 5.43. The summed E-state index contributed by atoms with van der Waals surface area (Å²) in [7, 11) is 0. The Hall–Kier alpha value is -0.400. The smallest absolute Gasteiger partial charge is 0.142 e. The maximum atomic E-state index is 6.20. The van der Waals surface area contributed by atoms with Crippen molar-refractivity contribution in [1.82, 2.24) is 0 Å². The van der Waals surface area contributed by atoms with E-state index in [4.69, 9.17) is 27.9 Å². The van der Waals surface area contributed by atoms with Crippen molar-refractivity contribution in [3.63, 3.8) is 0 Å². The van der Waals surface area contributed by atoms with Gasteiger partial charge in [0.25, 0.3) is 0 Å². The molecule has 1 aromatic rings. The van der Waals surface area contributed by atoms with Gasteiger partial charge in [-0.2, -0.15) is 0 Å². The van der Waals surface area contributed by atoms with Crippen molar-refractivity contribution in [3.05, 3.63) is 28.8 Å². The molecule has 0 heterocycles. The summed E-state index contributed by atoms with van der Waals surface area (Å²) in [5.41, 5.74) is 0.988. The van der Waals surface area contributed by atoms with Crippen LogP contribution in [0.5, 0.6) is 5.75 Å². The molecule has 1 fully saturated rings. The minimum atomic E-state index is 0.301. The Morgan fingerprint density at radius 2 is 1.94 bits per heavy atom. The van der Waals surface area contributed by atoms with E-state index in [0.717, 1.165) is 30.1 Å². The number of benzene rings is 1. The van der Waals surface area contributed by atoms with Crippen molar-refractivity contribution >= 4 is 23.2 Å². The Morgan fingerprint density at radius 1 is 1.22 bits per heavy atom. The first-order valence-corrected chi connectivity index (χ1v) is 7.65. The average Bonchev–Trinajstić information content (AvgIpc) is 2.42. The Kier molecular flexibility index (Phi) is 5.20. The van der Waals surface area contributed by atoms with E-state index in [1.807, 2.05) is 18.2 Å². The van der Waals surface area contributed by atoms with E-state index in [2.05, 4.69) is 6.92 Å². The summed E-state index contributed by atoms with van der Waals surface area (Å²) in [4.78, 5) is 0. The summed E-state index contributed by atoms with van der Waals surface area (Å²) < 4.78 is 6.08. The number of para-hydroxylation sites is 1. The van der Waals surface area contributed by atoms with Gasteiger partial charge in [-0.1, -0.05) is 37.1 Å². The minimum absolute atomic E-state index is 0.301. The summed E-state index contributed by atoms with van der Waals surface area (Å²) in [6.45, 7) is 2.27. The van der Waals surface area contributed by atoms with Crippen LogP contribution in [0, 0.1) is 5.92 Å². The molecule has 2 rings (SSSR count). The highest BCUT2D eigenvalue weighted by Gasteiger charge is 2.22. The first-order valence-electron chi connectivity index (χ1n) is 6.74. The van der Waals surface area contributed by atoms with E-state index in [0.29, 0.717) is 17.0 Å². The molecule has 0 aromatic heterocycles. The van der Waals surface area contributed by atoms with Crippen molar-refractivity contribution < 1.29 is 4.74 Å². The fraction of sp³-hybridized carbons (Fsp3) is 0.600. The fourth-order valence-electron chi connectivity index (χ4n) is 2.62. The van der Waals surface area contributed by atoms with Crippen LogP contribution in [-0.4, -0.2) is 6.10 Å². The van der Waals surface area contributed by atoms with Crippen molar-refractivity contribution in [2.75, 3.05) is 0 Å². The largest absolute Gasteiger partial charge is 0.489 e. The van der Waals surface area contributed by atoms with Crippen molar-refractivity contribution in [2.24, 2.45) is 5.92 Å². The quantitative estimate of drug-likeness (QED) is 0.671. The second kappa shape index (κ2) is 6.68. The van der Waals surface area contributed by atoms with E-state index >= 15 is 0 Å². The summed E-state index contributed by atoms with van der Waals surface area (Å²) >= 11 is 12.1. The SMILES string of the molecule is CCC1CCC(Oc2c(Cl)cccc2CCl)CC1. The van der Waals surface area contributed by atoms with Crippen LogP contribution in [0.3, 0.4) is 0 Å². The molecular formula is C15H20Cl2O. The molecule has 1 saturated carbocycles. The molecule has 0 bridgehead atoms. The molecule has 1 aromatic carbocycles. The number of hydrogen-bond donors (Lipinski definition) is 0. The molecular weight excluding hydrogens is 267 g/mol. The van der Waals surface area contributed by atoms with Gasteiger partial charge in [0.15, 0.2) is 0 Å². The average molecular weight is 287 g/mol. The molecule has 0 radical (unpaired) electrons. The van der Waals surface area contributed by atoms with Crippen LogP contribution in [-0.2, 0) is 5.88 Å². The summed E-state index contributed by atoms with van der Waals surface area (Å²) in [5.74, 6) is 2.11. The van der Waals surface area contributed by atoms with E-state index < -0.39 is 0 Å². The van der Waals surface area contributed by atoms with Crippen molar-refractivity contribution in [2.45, 2.75) is 51.0 Å². The molecule has 3 heteroatoms. The highest BCUT2D eigenvalue weighted by Crippen LogP contribution is 2.34. The molecule has 18 heavy (non-hydrogen) atoms. The van der Waals surface area contributed by atoms with Gasteiger partial charge in [-0.3, -0.25) is 0 Å². The van der Waals surface area contributed by atoms with Crippen LogP contribution in [0.15, 0.2) is 18.2 Å². The second-order valence-electron chi connectivity index (χ2n) is 5.03. The molecule has 0 N–H and O–H groups in total. The third-order valence-electron chi connectivity index (χ3n) is 3.85. The zero-order valence-electron chi connectivity index (χ0n) is 10.8. The van der Waals surface area contributed by atoms with Gasteiger partial charge >= 0.3 is 0 Å². The number of ether oxygens (including phenoxy) is 1. The zero-order chi connectivity index (χ0) is 13.0. The molecule has 0 aliphatic heterocycles. The monoisotopic (exact) mass is 286 g/mol. The maximum absolute atomic E-state index is 6.20. The van der Waals surface area contributed by atoms with Crippen LogP contribution < -0.4 is 4.74 Å². The Bertz CT molecular complexity index is 384. The standard InChI is InChI=1S/C15H20Cl2O/c1-2-11-6-8-13(9-7-11)18-15-12(10-16)4-3-5-14(15)17/h3-5,11,13H,2,6-10H2,1H3. The van der Waals surface area contributed by atoms with Crippen LogP contribution in [0.1, 0.15) is 44.6 Å². The molecule has 1 aliphatic rings. The second-order valence-corrected chi connectivity index (χ2v) is 5.71. The summed E-state index contributed by atoms with van der Waals surface area (Å²) in [6, 6.07) is 5.76. The molecule has 1 aliphatic carbocycles. The molecule has 0 atom stereocenters. The van der Waals surface area contributed by atoms with Crippen LogP contribution >= 0.6 is 23.2 Å². The molecule has 100 valence electrons. The van der Waals surface area contributed by atoms with Gasteiger partial charge in [0.2, 0.25) is 0 Å². The highest BCUT2D eigenvalue weighted by atomic mass is 35.5. The van der Waals surface area contributed by atoms with Crippen molar-refractivity contribution in [1.29, 1.82) is 0 Å². The topological polar surface area (TPSA) is 9.23 Å². The Labute approximate surface area is 119 Å². The fourth-order valence-corrected chi connectivity index (χ4v) is 3.06. The minimum Gasteiger partial charge on any atom is -0.489 e.